The molecule has 0 aromatic heterocycles. The topological polar surface area (TPSA) is 97.3 Å². The molecular formula is C30H28ClN3O5S. The van der Waals surface area contributed by atoms with Gasteiger partial charge in [0.25, 0.3) is 15.9 Å². The van der Waals surface area contributed by atoms with Crippen molar-refractivity contribution >= 4 is 39.4 Å². The zero-order chi connectivity index (χ0) is 28.5. The summed E-state index contributed by atoms with van der Waals surface area (Å²) in [5.41, 5.74) is 5.18. The van der Waals surface area contributed by atoms with Crippen LogP contribution in [0.25, 0.3) is 0 Å². The molecule has 1 N–H and O–H groups in total. The van der Waals surface area contributed by atoms with E-state index in [9.17, 15) is 13.2 Å². The summed E-state index contributed by atoms with van der Waals surface area (Å²) in [7, 11) is -2.64. The van der Waals surface area contributed by atoms with E-state index < -0.39 is 22.5 Å². The molecule has 206 valence electrons. The fraction of sp³-hybridized carbons (Fsp3) is 0.133. The Labute approximate surface area is 238 Å². The number of hydrazone groups is 1. The van der Waals surface area contributed by atoms with Crippen LogP contribution in [0.5, 0.6) is 11.5 Å². The summed E-state index contributed by atoms with van der Waals surface area (Å²) in [6, 6.07) is 27.6. The number of carbonyl (C=O) groups is 1. The lowest BCUT2D eigenvalue weighted by Gasteiger charge is -2.25. The lowest BCUT2D eigenvalue weighted by Crippen LogP contribution is -2.39. The van der Waals surface area contributed by atoms with E-state index >= 15 is 0 Å². The van der Waals surface area contributed by atoms with E-state index in [1.165, 1.54) is 25.5 Å². The van der Waals surface area contributed by atoms with Gasteiger partial charge >= 0.3 is 0 Å². The van der Waals surface area contributed by atoms with Gasteiger partial charge in [-0.3, -0.25) is 9.10 Å². The number of methoxy groups -OCH3 is 1. The average Bonchev–Trinajstić information content (AvgIpc) is 2.96. The number of halogens is 1. The monoisotopic (exact) mass is 577 g/mol. The van der Waals surface area contributed by atoms with Crippen LogP contribution in [-0.4, -0.2) is 34.2 Å². The van der Waals surface area contributed by atoms with Crippen LogP contribution in [0, 0.1) is 6.92 Å². The Balaban J connectivity index is 1.44. The number of hydrogen-bond donors (Lipinski definition) is 1. The molecule has 0 unspecified atom stereocenters. The average molecular weight is 578 g/mol. The Bertz CT molecular complexity index is 1580. The molecule has 0 aliphatic rings. The maximum absolute atomic E-state index is 13.6. The van der Waals surface area contributed by atoms with Crippen molar-refractivity contribution in [3.8, 4) is 11.5 Å². The van der Waals surface area contributed by atoms with Crippen molar-refractivity contribution in [3.63, 3.8) is 0 Å². The third-order valence-corrected chi connectivity index (χ3v) is 7.85. The smallest absolute Gasteiger partial charge is 0.264 e. The third-order valence-electron chi connectivity index (χ3n) is 5.82. The molecule has 40 heavy (non-hydrogen) atoms. The predicted molar refractivity (Wildman–Crippen MR) is 157 cm³/mol. The van der Waals surface area contributed by atoms with Crippen molar-refractivity contribution in [2.75, 3.05) is 18.0 Å². The van der Waals surface area contributed by atoms with Gasteiger partial charge in [0, 0.05) is 5.02 Å². The summed E-state index contributed by atoms with van der Waals surface area (Å²) in [5, 5.41) is 4.67. The fourth-order valence-electron chi connectivity index (χ4n) is 3.76. The highest BCUT2D eigenvalue weighted by molar-refractivity contribution is 7.92. The summed E-state index contributed by atoms with van der Waals surface area (Å²) in [4.78, 5) is 12.9. The molecular weight excluding hydrogens is 550 g/mol. The minimum atomic E-state index is -4.09. The molecule has 0 atom stereocenters. The molecule has 0 saturated heterocycles. The van der Waals surface area contributed by atoms with E-state index in [1.807, 2.05) is 31.2 Å². The van der Waals surface area contributed by atoms with E-state index in [2.05, 4.69) is 10.5 Å². The van der Waals surface area contributed by atoms with Crippen LogP contribution in [0.15, 0.2) is 107 Å². The highest BCUT2D eigenvalue weighted by Gasteiger charge is 2.29. The first kappa shape index (κ1) is 28.7. The predicted octanol–water partition coefficient (Wildman–Crippen LogP) is 5.58. The van der Waals surface area contributed by atoms with Gasteiger partial charge in [0.2, 0.25) is 0 Å². The highest BCUT2D eigenvalue weighted by atomic mass is 35.5. The Morgan fingerprint density at radius 1 is 0.975 bits per heavy atom. The first-order valence-electron chi connectivity index (χ1n) is 12.3. The number of nitrogens with one attached hydrogen (secondary N) is 1. The van der Waals surface area contributed by atoms with Crippen molar-refractivity contribution in [3.05, 3.63) is 119 Å². The molecule has 0 saturated carbocycles. The quantitative estimate of drug-likeness (QED) is 0.185. The zero-order valence-electron chi connectivity index (χ0n) is 22.0. The van der Waals surface area contributed by atoms with Crippen LogP contribution >= 0.6 is 11.6 Å². The number of carbonyl (C=O) groups excluding carboxylic acids is 1. The van der Waals surface area contributed by atoms with Crippen molar-refractivity contribution in [1.82, 2.24) is 5.43 Å². The Hall–Kier alpha value is -4.34. The fourth-order valence-corrected chi connectivity index (χ4v) is 5.33. The number of aryl methyl sites for hydroxylation is 1. The Morgan fingerprint density at radius 3 is 2.35 bits per heavy atom. The molecule has 10 heteroatoms. The summed E-state index contributed by atoms with van der Waals surface area (Å²) in [6.45, 7) is 1.72. The zero-order valence-corrected chi connectivity index (χ0v) is 23.5. The largest absolute Gasteiger partial charge is 0.495 e. The Morgan fingerprint density at radius 2 is 1.68 bits per heavy atom. The number of anilines is 1. The molecule has 0 aliphatic heterocycles. The van der Waals surface area contributed by atoms with Crippen LogP contribution < -0.4 is 19.2 Å². The van der Waals surface area contributed by atoms with Crippen molar-refractivity contribution in [1.29, 1.82) is 0 Å². The van der Waals surface area contributed by atoms with Crippen LogP contribution in [0.4, 0.5) is 5.69 Å². The molecule has 0 heterocycles. The summed E-state index contributed by atoms with van der Waals surface area (Å²) >= 11 is 5.91. The number of amides is 1. The number of benzene rings is 4. The molecule has 0 bridgehead atoms. The van der Waals surface area contributed by atoms with Crippen LogP contribution in [-0.2, 0) is 21.4 Å². The van der Waals surface area contributed by atoms with Crippen molar-refractivity contribution in [2.45, 2.75) is 18.4 Å². The van der Waals surface area contributed by atoms with Crippen molar-refractivity contribution < 1.29 is 22.7 Å². The van der Waals surface area contributed by atoms with E-state index in [-0.39, 0.29) is 10.6 Å². The number of rotatable bonds is 11. The Kier molecular flexibility index (Phi) is 9.42. The molecule has 4 aromatic rings. The first-order chi connectivity index (χ1) is 19.3. The van der Waals surface area contributed by atoms with Gasteiger partial charge in [-0.25, -0.2) is 13.8 Å². The molecule has 4 aromatic carbocycles. The molecule has 0 aliphatic carbocycles. The minimum Gasteiger partial charge on any atom is -0.495 e. The molecule has 0 spiro atoms. The lowest BCUT2D eigenvalue weighted by atomic mass is 10.2. The van der Waals surface area contributed by atoms with Crippen LogP contribution in [0.1, 0.15) is 16.7 Å². The van der Waals surface area contributed by atoms with E-state index in [1.54, 1.807) is 60.7 Å². The van der Waals surface area contributed by atoms with Crippen LogP contribution in [0.2, 0.25) is 5.02 Å². The summed E-state index contributed by atoms with van der Waals surface area (Å²) in [5.74, 6) is 0.368. The number of hydrogen-bond acceptors (Lipinski definition) is 6. The van der Waals surface area contributed by atoms with Crippen molar-refractivity contribution in [2.24, 2.45) is 5.10 Å². The number of sulfonamides is 1. The van der Waals surface area contributed by atoms with E-state index in [0.717, 1.165) is 15.4 Å². The number of ether oxygens (including phenoxy) is 2. The second-order valence-electron chi connectivity index (χ2n) is 8.78. The van der Waals surface area contributed by atoms with Gasteiger partial charge in [-0.2, -0.15) is 5.10 Å². The maximum atomic E-state index is 13.6. The second kappa shape index (κ2) is 13.1. The molecule has 8 nitrogen and oxygen atoms in total. The van der Waals surface area contributed by atoms with Gasteiger partial charge in [0.1, 0.15) is 24.7 Å². The van der Waals surface area contributed by atoms with Crippen LogP contribution in [0.3, 0.4) is 0 Å². The molecule has 0 fully saturated rings. The second-order valence-corrected chi connectivity index (χ2v) is 11.1. The molecule has 0 radical (unpaired) electrons. The van der Waals surface area contributed by atoms with E-state index in [0.29, 0.717) is 28.7 Å². The standard InChI is InChI=1S/C30H28ClN3O5S/c1-22-8-17-29(38-2)28(18-22)34(40(36,37)27-6-4-3-5-7-27)20-30(35)33-32-19-23-11-15-26(16-12-23)39-21-24-9-13-25(31)14-10-24/h3-19H,20-21H2,1-2H3,(H,33,35)/b32-19-. The maximum Gasteiger partial charge on any atom is 0.264 e. The van der Waals surface area contributed by atoms with Gasteiger partial charge in [0.05, 0.1) is 23.9 Å². The summed E-state index contributed by atoms with van der Waals surface area (Å²) < 4.78 is 39.3. The van der Waals surface area contributed by atoms with E-state index in [4.69, 9.17) is 21.1 Å². The third kappa shape index (κ3) is 7.40. The van der Waals surface area contributed by atoms with Gasteiger partial charge in [-0.15, -0.1) is 0 Å². The lowest BCUT2D eigenvalue weighted by molar-refractivity contribution is -0.119. The van der Waals surface area contributed by atoms with Gasteiger partial charge < -0.3 is 9.47 Å². The van der Waals surface area contributed by atoms with Gasteiger partial charge in [-0.05, 0) is 84.3 Å². The number of nitrogens with zero attached hydrogens (tertiary/aromatic N) is 2. The molecule has 4 rings (SSSR count). The first-order valence-corrected chi connectivity index (χ1v) is 14.1. The van der Waals surface area contributed by atoms with Gasteiger partial charge in [-0.1, -0.05) is 48.0 Å². The normalized spacial score (nSPS) is 11.3. The summed E-state index contributed by atoms with van der Waals surface area (Å²) in [6.07, 6.45) is 1.46. The molecule has 1 amide bonds. The minimum absolute atomic E-state index is 0.0493. The SMILES string of the molecule is COc1ccc(C)cc1N(CC(=O)N/N=C\c1ccc(OCc2ccc(Cl)cc2)cc1)S(=O)(=O)c1ccccc1. The van der Waals surface area contributed by atoms with Gasteiger partial charge in [0.15, 0.2) is 0 Å². The highest BCUT2D eigenvalue weighted by Crippen LogP contribution is 2.33.